The van der Waals surface area contributed by atoms with E-state index in [0.717, 1.165) is 26.8 Å². The van der Waals surface area contributed by atoms with Crippen LogP contribution in [0.4, 0.5) is 5.69 Å². The van der Waals surface area contributed by atoms with Gasteiger partial charge in [-0.25, -0.2) is 0 Å². The number of halogens is 1. The van der Waals surface area contributed by atoms with Crippen LogP contribution in [-0.2, 0) is 11.3 Å². The third-order valence-electron chi connectivity index (χ3n) is 3.57. The van der Waals surface area contributed by atoms with Gasteiger partial charge in [0.25, 0.3) is 5.91 Å². The highest BCUT2D eigenvalue weighted by Crippen LogP contribution is 2.14. The van der Waals surface area contributed by atoms with Gasteiger partial charge in [-0.15, -0.1) is 0 Å². The highest BCUT2D eigenvalue weighted by molar-refractivity contribution is 14.1. The summed E-state index contributed by atoms with van der Waals surface area (Å²) in [6, 6.07) is 13.2. The standard InChI is InChI=1S/C19H21IN2O2/c1-3-5-18(23)22-16-7-4-6-14(10-16)12-21-19(24)15-9-8-13(2)17(20)11-15/h4,6-11H,3,5,12H2,1-2H3,(H,21,24)(H,22,23). The second-order valence-corrected chi connectivity index (χ2v) is 6.81. The van der Waals surface area contributed by atoms with Gasteiger partial charge in [0.15, 0.2) is 0 Å². The van der Waals surface area contributed by atoms with Crippen molar-refractivity contribution in [2.45, 2.75) is 33.2 Å². The topological polar surface area (TPSA) is 58.2 Å². The van der Waals surface area contributed by atoms with Crippen LogP contribution in [0.1, 0.15) is 41.3 Å². The predicted molar refractivity (Wildman–Crippen MR) is 105 cm³/mol. The molecule has 2 amide bonds. The van der Waals surface area contributed by atoms with E-state index in [9.17, 15) is 9.59 Å². The number of hydrogen-bond donors (Lipinski definition) is 2. The van der Waals surface area contributed by atoms with Gasteiger partial charge < -0.3 is 10.6 Å². The number of carbonyl (C=O) groups excluding carboxylic acids is 2. The summed E-state index contributed by atoms with van der Waals surface area (Å²) in [7, 11) is 0. The van der Waals surface area contributed by atoms with E-state index in [0.29, 0.717) is 18.5 Å². The molecule has 0 aliphatic carbocycles. The largest absolute Gasteiger partial charge is 0.348 e. The fourth-order valence-electron chi connectivity index (χ4n) is 2.23. The Kier molecular flexibility index (Phi) is 6.78. The Bertz CT molecular complexity index is 744. The third-order valence-corrected chi connectivity index (χ3v) is 4.74. The lowest BCUT2D eigenvalue weighted by Crippen LogP contribution is -2.23. The van der Waals surface area contributed by atoms with Crippen molar-refractivity contribution in [3.63, 3.8) is 0 Å². The minimum Gasteiger partial charge on any atom is -0.348 e. The molecule has 0 bridgehead atoms. The molecule has 0 atom stereocenters. The van der Waals surface area contributed by atoms with E-state index in [1.54, 1.807) is 0 Å². The maximum Gasteiger partial charge on any atom is 0.251 e. The molecule has 126 valence electrons. The summed E-state index contributed by atoms with van der Waals surface area (Å²) in [5.74, 6) is -0.0961. The number of anilines is 1. The molecule has 4 nitrogen and oxygen atoms in total. The molecular weight excluding hydrogens is 415 g/mol. The second-order valence-electron chi connectivity index (χ2n) is 5.65. The van der Waals surface area contributed by atoms with E-state index >= 15 is 0 Å². The lowest BCUT2D eigenvalue weighted by atomic mass is 10.1. The lowest BCUT2D eigenvalue weighted by molar-refractivity contribution is -0.116. The Balaban J connectivity index is 1.97. The summed E-state index contributed by atoms with van der Waals surface area (Å²) in [5.41, 5.74) is 3.50. The Morgan fingerprint density at radius 3 is 2.62 bits per heavy atom. The van der Waals surface area contributed by atoms with Crippen molar-refractivity contribution in [2.24, 2.45) is 0 Å². The fourth-order valence-corrected chi connectivity index (χ4v) is 2.74. The Morgan fingerprint density at radius 2 is 1.92 bits per heavy atom. The molecule has 2 aromatic rings. The SMILES string of the molecule is CCCC(=O)Nc1cccc(CNC(=O)c2ccc(C)c(I)c2)c1. The number of rotatable bonds is 6. The molecule has 0 aliphatic rings. The molecule has 0 fully saturated rings. The van der Waals surface area contributed by atoms with E-state index in [1.807, 2.05) is 56.3 Å². The van der Waals surface area contributed by atoms with E-state index in [4.69, 9.17) is 0 Å². The number of amides is 2. The first kappa shape index (κ1) is 18.4. The summed E-state index contributed by atoms with van der Waals surface area (Å²) in [4.78, 5) is 23.9. The molecule has 2 rings (SSSR count). The van der Waals surface area contributed by atoms with Gasteiger partial charge in [-0.2, -0.15) is 0 Å². The molecule has 0 unspecified atom stereocenters. The molecule has 0 aromatic heterocycles. The molecule has 0 radical (unpaired) electrons. The molecule has 2 aromatic carbocycles. The maximum absolute atomic E-state index is 12.2. The van der Waals surface area contributed by atoms with Gasteiger partial charge in [0.2, 0.25) is 5.91 Å². The second kappa shape index (κ2) is 8.82. The molecule has 0 saturated heterocycles. The van der Waals surface area contributed by atoms with Crippen LogP contribution in [-0.4, -0.2) is 11.8 Å². The monoisotopic (exact) mass is 436 g/mol. The van der Waals surface area contributed by atoms with Crippen LogP contribution in [0, 0.1) is 10.5 Å². The van der Waals surface area contributed by atoms with Crippen molar-refractivity contribution < 1.29 is 9.59 Å². The van der Waals surface area contributed by atoms with Crippen molar-refractivity contribution in [1.29, 1.82) is 0 Å². The van der Waals surface area contributed by atoms with Crippen molar-refractivity contribution >= 4 is 40.1 Å². The van der Waals surface area contributed by atoms with Crippen molar-refractivity contribution in [3.05, 3.63) is 62.7 Å². The first-order valence-corrected chi connectivity index (χ1v) is 9.00. The number of carbonyl (C=O) groups is 2. The van der Waals surface area contributed by atoms with Crippen molar-refractivity contribution in [2.75, 3.05) is 5.32 Å². The molecule has 5 heteroatoms. The Morgan fingerprint density at radius 1 is 1.12 bits per heavy atom. The van der Waals surface area contributed by atoms with Crippen LogP contribution in [0.2, 0.25) is 0 Å². The highest BCUT2D eigenvalue weighted by atomic mass is 127. The van der Waals surface area contributed by atoms with Gasteiger partial charge in [0.05, 0.1) is 0 Å². The van der Waals surface area contributed by atoms with Crippen LogP contribution in [0.5, 0.6) is 0 Å². The summed E-state index contributed by atoms with van der Waals surface area (Å²) >= 11 is 2.23. The van der Waals surface area contributed by atoms with Crippen LogP contribution in [0.15, 0.2) is 42.5 Å². The van der Waals surface area contributed by atoms with Crippen LogP contribution in [0.25, 0.3) is 0 Å². The molecule has 24 heavy (non-hydrogen) atoms. The Labute approximate surface area is 156 Å². The van der Waals surface area contributed by atoms with Crippen molar-refractivity contribution in [3.8, 4) is 0 Å². The van der Waals surface area contributed by atoms with E-state index in [2.05, 4.69) is 33.2 Å². The van der Waals surface area contributed by atoms with Gasteiger partial charge in [0, 0.05) is 27.8 Å². The van der Waals surface area contributed by atoms with Gasteiger partial charge in [-0.1, -0.05) is 25.1 Å². The number of nitrogens with one attached hydrogen (secondary N) is 2. The zero-order valence-corrected chi connectivity index (χ0v) is 16.0. The minimum absolute atomic E-state index is 0.00733. The summed E-state index contributed by atoms with van der Waals surface area (Å²) < 4.78 is 1.07. The fraction of sp³-hybridized carbons (Fsp3) is 0.263. The smallest absolute Gasteiger partial charge is 0.251 e. The van der Waals surface area contributed by atoms with E-state index < -0.39 is 0 Å². The molecule has 0 aliphatic heterocycles. The molecule has 2 N–H and O–H groups in total. The maximum atomic E-state index is 12.2. The van der Waals surface area contributed by atoms with E-state index in [1.165, 1.54) is 0 Å². The van der Waals surface area contributed by atoms with Gasteiger partial charge in [-0.05, 0) is 71.3 Å². The Hall–Kier alpha value is -1.89. The first-order valence-electron chi connectivity index (χ1n) is 7.92. The van der Waals surface area contributed by atoms with Crippen LogP contribution >= 0.6 is 22.6 Å². The first-order chi connectivity index (χ1) is 11.5. The molecular formula is C19H21IN2O2. The molecule has 0 saturated carbocycles. The minimum atomic E-state index is -0.103. The number of aryl methyl sites for hydroxylation is 1. The zero-order valence-electron chi connectivity index (χ0n) is 13.9. The average molecular weight is 436 g/mol. The normalized spacial score (nSPS) is 10.3. The summed E-state index contributed by atoms with van der Waals surface area (Å²) in [5, 5.41) is 5.78. The predicted octanol–water partition coefficient (Wildman–Crippen LogP) is 4.27. The van der Waals surface area contributed by atoms with E-state index in [-0.39, 0.29) is 11.8 Å². The quantitative estimate of drug-likeness (QED) is 0.665. The highest BCUT2D eigenvalue weighted by Gasteiger charge is 2.07. The average Bonchev–Trinajstić information content (AvgIpc) is 2.55. The summed E-state index contributed by atoms with van der Waals surface area (Å²) in [6.45, 7) is 4.40. The van der Waals surface area contributed by atoms with Gasteiger partial charge in [0.1, 0.15) is 0 Å². The number of benzene rings is 2. The molecule has 0 spiro atoms. The number of hydrogen-bond acceptors (Lipinski definition) is 2. The molecule has 0 heterocycles. The zero-order chi connectivity index (χ0) is 17.5. The van der Waals surface area contributed by atoms with Crippen molar-refractivity contribution in [1.82, 2.24) is 5.32 Å². The van der Waals surface area contributed by atoms with Gasteiger partial charge in [-0.3, -0.25) is 9.59 Å². The van der Waals surface area contributed by atoms with Crippen LogP contribution < -0.4 is 10.6 Å². The van der Waals surface area contributed by atoms with Crippen LogP contribution in [0.3, 0.4) is 0 Å². The lowest BCUT2D eigenvalue weighted by Gasteiger charge is -2.09. The van der Waals surface area contributed by atoms with Gasteiger partial charge >= 0.3 is 0 Å². The third kappa shape index (κ3) is 5.33. The summed E-state index contributed by atoms with van der Waals surface area (Å²) in [6.07, 6.45) is 1.32.